The summed E-state index contributed by atoms with van der Waals surface area (Å²) in [5, 5.41) is 27.2. The Hall–Kier alpha value is -4.65. The molecule has 2 rings (SSSR count). The first kappa shape index (κ1) is 34.6. The Bertz CT molecular complexity index is 1240. The number of carbonyl (C=O) groups excluding carboxylic acids is 3. The van der Waals surface area contributed by atoms with Crippen LogP contribution in [0.15, 0.2) is 59.6 Å². The van der Waals surface area contributed by atoms with E-state index in [4.69, 9.17) is 17.2 Å². The number of nitrogens with one attached hydrogen (secondary N) is 3. The number of carboxylic acid groups (broad SMARTS) is 1. The van der Waals surface area contributed by atoms with E-state index < -0.39 is 47.9 Å². The molecule has 0 unspecified atom stereocenters. The maximum atomic E-state index is 13.5. The zero-order chi connectivity index (χ0) is 31.9. The number of aliphatic carboxylic acids is 1. The molecule has 0 spiro atoms. The quantitative estimate of drug-likeness (QED) is 0.0702. The van der Waals surface area contributed by atoms with Crippen LogP contribution >= 0.6 is 0 Å². The molecule has 2 aromatic carbocycles. The lowest BCUT2D eigenvalue weighted by molar-refractivity contribution is -0.142. The van der Waals surface area contributed by atoms with Crippen LogP contribution in [0.5, 0.6) is 5.75 Å². The van der Waals surface area contributed by atoms with Crippen LogP contribution in [-0.4, -0.2) is 70.6 Å². The average Bonchev–Trinajstić information content (AvgIpc) is 2.97. The first-order valence-corrected chi connectivity index (χ1v) is 14.2. The summed E-state index contributed by atoms with van der Waals surface area (Å²) in [4.78, 5) is 55.7. The number of hydrogen-bond acceptors (Lipinski definition) is 7. The van der Waals surface area contributed by atoms with Gasteiger partial charge in [-0.1, -0.05) is 62.7 Å². The second-order valence-corrected chi connectivity index (χ2v) is 10.4. The van der Waals surface area contributed by atoms with Gasteiger partial charge in [-0.2, -0.15) is 0 Å². The molecule has 11 N–H and O–H groups in total. The van der Waals surface area contributed by atoms with Gasteiger partial charge in [0.2, 0.25) is 17.7 Å². The molecule has 2 aromatic rings. The van der Waals surface area contributed by atoms with E-state index in [0.717, 1.165) is 5.56 Å². The van der Waals surface area contributed by atoms with Crippen LogP contribution in [0.4, 0.5) is 0 Å². The molecule has 234 valence electrons. The monoisotopic (exact) mass is 597 g/mol. The third kappa shape index (κ3) is 12.0. The first-order chi connectivity index (χ1) is 20.4. The average molecular weight is 598 g/mol. The summed E-state index contributed by atoms with van der Waals surface area (Å²) in [5.74, 6) is -3.45. The number of rotatable bonds is 17. The van der Waals surface area contributed by atoms with Crippen LogP contribution in [-0.2, 0) is 32.0 Å². The highest BCUT2D eigenvalue weighted by Gasteiger charge is 2.32. The summed E-state index contributed by atoms with van der Waals surface area (Å²) in [6.45, 7) is 3.82. The Morgan fingerprint density at radius 3 is 2.02 bits per heavy atom. The molecule has 0 bridgehead atoms. The fraction of sp³-hybridized carbons (Fsp3) is 0.433. The van der Waals surface area contributed by atoms with Gasteiger partial charge >= 0.3 is 5.97 Å². The highest BCUT2D eigenvalue weighted by Crippen LogP contribution is 2.13. The lowest BCUT2D eigenvalue weighted by Gasteiger charge is -2.28. The molecule has 0 saturated heterocycles. The molecule has 0 aliphatic heterocycles. The van der Waals surface area contributed by atoms with Crippen molar-refractivity contribution in [3.05, 3.63) is 65.7 Å². The van der Waals surface area contributed by atoms with Gasteiger partial charge in [0.25, 0.3) is 0 Å². The molecule has 0 aliphatic carbocycles. The number of benzene rings is 2. The minimum atomic E-state index is -1.24. The van der Waals surface area contributed by atoms with Crippen molar-refractivity contribution in [2.75, 3.05) is 6.54 Å². The number of carboxylic acids is 1. The molecule has 5 atom stereocenters. The van der Waals surface area contributed by atoms with Crippen LogP contribution < -0.4 is 33.2 Å². The van der Waals surface area contributed by atoms with Crippen molar-refractivity contribution in [2.45, 2.75) is 70.1 Å². The Labute approximate surface area is 251 Å². The molecular formula is C30H43N7O6. The van der Waals surface area contributed by atoms with Crippen molar-refractivity contribution >= 4 is 29.7 Å². The van der Waals surface area contributed by atoms with Crippen molar-refractivity contribution in [3.8, 4) is 5.75 Å². The molecule has 43 heavy (non-hydrogen) atoms. The van der Waals surface area contributed by atoms with E-state index in [-0.39, 0.29) is 43.4 Å². The summed E-state index contributed by atoms with van der Waals surface area (Å²) < 4.78 is 0. The number of guanidine groups is 1. The predicted octanol–water partition coefficient (Wildman–Crippen LogP) is 0.143. The molecule has 0 aromatic heterocycles. The fourth-order valence-electron chi connectivity index (χ4n) is 4.30. The minimum absolute atomic E-state index is 0.0427. The van der Waals surface area contributed by atoms with Crippen molar-refractivity contribution in [1.29, 1.82) is 0 Å². The summed E-state index contributed by atoms with van der Waals surface area (Å²) >= 11 is 0. The molecule has 13 nitrogen and oxygen atoms in total. The Morgan fingerprint density at radius 2 is 1.44 bits per heavy atom. The van der Waals surface area contributed by atoms with E-state index in [1.807, 2.05) is 6.92 Å². The molecule has 13 heteroatoms. The van der Waals surface area contributed by atoms with E-state index in [0.29, 0.717) is 18.4 Å². The number of phenols is 1. The second kappa shape index (κ2) is 17.3. The predicted molar refractivity (Wildman–Crippen MR) is 163 cm³/mol. The van der Waals surface area contributed by atoms with Gasteiger partial charge in [0.15, 0.2) is 5.96 Å². The second-order valence-electron chi connectivity index (χ2n) is 10.4. The standard InChI is InChI=1S/C30H43N7O6/c1-3-18(2)25(37-26(39)22(31)16-20-11-13-21(38)14-12-20)28(41)35-23(10-7-15-34-30(32)33)27(40)36-24(29(42)43)17-19-8-5-4-6-9-19/h4-6,8-9,11-14,18,22-25,38H,3,7,10,15-17,31H2,1-2H3,(H,35,41)(H,36,40)(H,37,39)(H,42,43)(H4,32,33,34)/t18-,22-,23-,24-,25-/m0/s1. The molecule has 3 amide bonds. The maximum Gasteiger partial charge on any atom is 0.326 e. The SMILES string of the molecule is CC[C@H](C)[C@H](NC(=O)[C@@H](N)Cc1ccc(O)cc1)C(=O)N[C@@H](CCCN=C(N)N)C(=O)N[C@@H](Cc1ccccc1)C(=O)O. The van der Waals surface area contributed by atoms with Gasteiger partial charge in [-0.25, -0.2) is 4.79 Å². The zero-order valence-electron chi connectivity index (χ0n) is 24.5. The van der Waals surface area contributed by atoms with E-state index >= 15 is 0 Å². The smallest absolute Gasteiger partial charge is 0.326 e. The van der Waals surface area contributed by atoms with E-state index in [9.17, 15) is 29.4 Å². The summed E-state index contributed by atoms with van der Waals surface area (Å²) in [7, 11) is 0. The number of nitrogens with zero attached hydrogens (tertiary/aromatic N) is 1. The third-order valence-corrected chi connectivity index (χ3v) is 7.00. The first-order valence-electron chi connectivity index (χ1n) is 14.2. The van der Waals surface area contributed by atoms with Gasteiger partial charge in [-0.15, -0.1) is 0 Å². The van der Waals surface area contributed by atoms with Gasteiger partial charge in [0.05, 0.1) is 6.04 Å². The highest BCUT2D eigenvalue weighted by molar-refractivity contribution is 5.94. The van der Waals surface area contributed by atoms with Crippen LogP contribution in [0.1, 0.15) is 44.2 Å². The number of aliphatic imine (C=N–C) groups is 1. The van der Waals surface area contributed by atoms with Gasteiger partial charge in [-0.05, 0) is 48.4 Å². The number of carbonyl (C=O) groups is 4. The molecular weight excluding hydrogens is 554 g/mol. The molecule has 0 aliphatic rings. The van der Waals surface area contributed by atoms with Gasteiger partial charge in [0.1, 0.15) is 23.9 Å². The Kier molecular flexibility index (Phi) is 13.9. The minimum Gasteiger partial charge on any atom is -0.508 e. The Balaban J connectivity index is 2.18. The molecule has 0 radical (unpaired) electrons. The lowest BCUT2D eigenvalue weighted by Crippen LogP contribution is -2.59. The number of amides is 3. The van der Waals surface area contributed by atoms with Crippen LogP contribution in [0.25, 0.3) is 0 Å². The number of hydrogen-bond donors (Lipinski definition) is 8. The van der Waals surface area contributed by atoms with E-state index in [1.54, 1.807) is 49.4 Å². The van der Waals surface area contributed by atoms with E-state index in [1.165, 1.54) is 12.1 Å². The van der Waals surface area contributed by atoms with Gasteiger partial charge < -0.3 is 43.4 Å². The molecule has 0 saturated carbocycles. The largest absolute Gasteiger partial charge is 0.508 e. The van der Waals surface area contributed by atoms with Crippen LogP contribution in [0.3, 0.4) is 0 Å². The topological polar surface area (TPSA) is 235 Å². The summed E-state index contributed by atoms with van der Waals surface area (Å²) in [6, 6.07) is 10.7. The Morgan fingerprint density at radius 1 is 0.837 bits per heavy atom. The molecule has 0 fully saturated rings. The normalized spacial score (nSPS) is 14.3. The van der Waals surface area contributed by atoms with Crippen molar-refractivity contribution in [1.82, 2.24) is 16.0 Å². The molecule has 0 heterocycles. The van der Waals surface area contributed by atoms with Crippen LogP contribution in [0.2, 0.25) is 0 Å². The lowest BCUT2D eigenvalue weighted by atomic mass is 9.96. The van der Waals surface area contributed by atoms with Crippen LogP contribution in [0, 0.1) is 5.92 Å². The van der Waals surface area contributed by atoms with Crippen molar-refractivity contribution in [3.63, 3.8) is 0 Å². The number of nitrogens with two attached hydrogens (primary N) is 3. The third-order valence-electron chi connectivity index (χ3n) is 7.00. The van der Waals surface area contributed by atoms with Gasteiger partial charge in [0, 0.05) is 13.0 Å². The van der Waals surface area contributed by atoms with Gasteiger partial charge in [-0.3, -0.25) is 19.4 Å². The van der Waals surface area contributed by atoms with E-state index in [2.05, 4.69) is 20.9 Å². The summed E-state index contributed by atoms with van der Waals surface area (Å²) in [5.41, 5.74) is 18.3. The zero-order valence-corrected chi connectivity index (χ0v) is 24.5. The maximum absolute atomic E-state index is 13.5. The van der Waals surface area contributed by atoms with Crippen molar-refractivity contribution < 1.29 is 29.4 Å². The van der Waals surface area contributed by atoms with Crippen molar-refractivity contribution in [2.24, 2.45) is 28.1 Å². The number of phenolic OH excluding ortho intramolecular Hbond substituents is 1. The fourth-order valence-corrected chi connectivity index (χ4v) is 4.30. The summed E-state index contributed by atoms with van der Waals surface area (Å²) in [6.07, 6.45) is 1.17. The number of aromatic hydroxyl groups is 1. The highest BCUT2D eigenvalue weighted by atomic mass is 16.4.